The molecule has 0 aliphatic carbocycles. The molecule has 5 nitrogen and oxygen atoms in total. The minimum atomic E-state index is -3.62. The summed E-state index contributed by atoms with van der Waals surface area (Å²) < 4.78 is 31.2. The molecule has 0 aliphatic heterocycles. The number of nitrogens with one attached hydrogen (secondary N) is 1. The summed E-state index contributed by atoms with van der Waals surface area (Å²) in [5.41, 5.74) is 0.733. The van der Waals surface area contributed by atoms with E-state index in [1.165, 1.54) is 43.5 Å². The van der Waals surface area contributed by atoms with Crippen molar-refractivity contribution in [3.05, 3.63) is 60.2 Å². The molecule has 0 fully saturated rings. The molecule has 6 heteroatoms. The minimum absolute atomic E-state index is 0.178. The summed E-state index contributed by atoms with van der Waals surface area (Å²) in [6.45, 7) is 0. The van der Waals surface area contributed by atoms with E-state index in [-0.39, 0.29) is 4.90 Å². The van der Waals surface area contributed by atoms with E-state index in [9.17, 15) is 13.2 Å². The molecule has 0 aliphatic rings. The number of hydrogen-bond donors (Lipinski definition) is 1. The van der Waals surface area contributed by atoms with Crippen LogP contribution in [0.2, 0.25) is 0 Å². The Morgan fingerprint density at radius 2 is 1.60 bits per heavy atom. The first-order chi connectivity index (χ1) is 9.53. The molecule has 0 heterocycles. The van der Waals surface area contributed by atoms with E-state index in [4.69, 9.17) is 0 Å². The Hall–Kier alpha value is -2.34. The number of anilines is 1. The largest absolute Gasteiger partial charge is 0.465 e. The molecule has 0 aromatic heterocycles. The van der Waals surface area contributed by atoms with Crippen LogP contribution >= 0.6 is 0 Å². The van der Waals surface area contributed by atoms with Gasteiger partial charge in [-0.2, -0.15) is 0 Å². The zero-order valence-corrected chi connectivity index (χ0v) is 11.6. The van der Waals surface area contributed by atoms with Crippen LogP contribution in [0, 0.1) is 0 Å². The Morgan fingerprint density at radius 1 is 1.00 bits per heavy atom. The molecule has 1 N–H and O–H groups in total. The molecule has 0 unspecified atom stereocenters. The molecule has 0 bridgehead atoms. The Labute approximate surface area is 117 Å². The number of hydrogen-bond acceptors (Lipinski definition) is 4. The van der Waals surface area contributed by atoms with Crippen LogP contribution < -0.4 is 4.72 Å². The molecule has 0 amide bonds. The molecular weight excluding hydrogens is 278 g/mol. The lowest BCUT2D eigenvalue weighted by molar-refractivity contribution is 0.0601. The number of rotatable bonds is 4. The van der Waals surface area contributed by atoms with Crippen LogP contribution in [-0.2, 0) is 14.8 Å². The van der Waals surface area contributed by atoms with E-state index in [1.807, 2.05) is 0 Å². The normalized spacial score (nSPS) is 10.8. The first kappa shape index (κ1) is 14.1. The highest BCUT2D eigenvalue weighted by Gasteiger charge is 2.13. The topological polar surface area (TPSA) is 72.5 Å². The molecule has 0 saturated carbocycles. The fourth-order valence-electron chi connectivity index (χ4n) is 1.61. The van der Waals surface area contributed by atoms with E-state index in [0.717, 1.165) is 0 Å². The van der Waals surface area contributed by atoms with Gasteiger partial charge in [0.2, 0.25) is 0 Å². The Morgan fingerprint density at radius 3 is 2.15 bits per heavy atom. The first-order valence-electron chi connectivity index (χ1n) is 5.79. The maximum absolute atomic E-state index is 12.1. The molecule has 2 aromatic rings. The number of methoxy groups -OCH3 is 1. The molecule has 0 spiro atoms. The van der Waals surface area contributed by atoms with E-state index in [2.05, 4.69) is 9.46 Å². The monoisotopic (exact) mass is 291 g/mol. The van der Waals surface area contributed by atoms with Crippen LogP contribution in [0.4, 0.5) is 5.69 Å². The van der Waals surface area contributed by atoms with Crippen molar-refractivity contribution in [1.29, 1.82) is 0 Å². The molecular formula is C14H13NO4S. The van der Waals surface area contributed by atoms with Crippen LogP contribution in [-0.4, -0.2) is 21.5 Å². The van der Waals surface area contributed by atoms with Gasteiger partial charge in [0.05, 0.1) is 17.6 Å². The predicted molar refractivity (Wildman–Crippen MR) is 75.0 cm³/mol. The van der Waals surface area contributed by atoms with Crippen molar-refractivity contribution >= 4 is 21.7 Å². The summed E-state index contributed by atoms with van der Waals surface area (Å²) in [4.78, 5) is 11.4. The van der Waals surface area contributed by atoms with E-state index in [0.29, 0.717) is 11.3 Å². The molecule has 0 saturated heterocycles. The van der Waals surface area contributed by atoms with Gasteiger partial charge in [0, 0.05) is 5.69 Å². The van der Waals surface area contributed by atoms with Crippen molar-refractivity contribution in [1.82, 2.24) is 0 Å². The highest BCUT2D eigenvalue weighted by Crippen LogP contribution is 2.16. The molecule has 0 atom stereocenters. The fraction of sp³-hybridized carbons (Fsp3) is 0.0714. The second-order valence-electron chi connectivity index (χ2n) is 3.99. The molecule has 20 heavy (non-hydrogen) atoms. The van der Waals surface area contributed by atoms with Gasteiger partial charge in [-0.1, -0.05) is 18.2 Å². The van der Waals surface area contributed by atoms with Crippen molar-refractivity contribution in [3.63, 3.8) is 0 Å². The third kappa shape index (κ3) is 3.16. The second kappa shape index (κ2) is 5.75. The quantitative estimate of drug-likeness (QED) is 0.877. The van der Waals surface area contributed by atoms with Gasteiger partial charge in [-0.15, -0.1) is 0 Å². The summed E-state index contributed by atoms with van der Waals surface area (Å²) in [6.07, 6.45) is 0. The Kier molecular flexibility index (Phi) is 4.05. The Bertz CT molecular complexity index is 694. The van der Waals surface area contributed by atoms with Crippen molar-refractivity contribution < 1.29 is 17.9 Å². The lowest BCUT2D eigenvalue weighted by Gasteiger charge is -2.08. The van der Waals surface area contributed by atoms with Gasteiger partial charge in [0.25, 0.3) is 10.0 Å². The highest BCUT2D eigenvalue weighted by molar-refractivity contribution is 7.92. The van der Waals surface area contributed by atoms with Gasteiger partial charge in [-0.3, -0.25) is 4.72 Å². The van der Waals surface area contributed by atoms with Gasteiger partial charge in [0.15, 0.2) is 0 Å². The zero-order chi connectivity index (χ0) is 14.6. The van der Waals surface area contributed by atoms with E-state index < -0.39 is 16.0 Å². The first-order valence-corrected chi connectivity index (χ1v) is 7.27. The van der Waals surface area contributed by atoms with Gasteiger partial charge in [-0.05, 0) is 36.4 Å². The smallest absolute Gasteiger partial charge is 0.337 e. The maximum atomic E-state index is 12.1. The number of benzene rings is 2. The van der Waals surface area contributed by atoms with Crippen molar-refractivity contribution in [2.45, 2.75) is 4.90 Å². The highest BCUT2D eigenvalue weighted by atomic mass is 32.2. The van der Waals surface area contributed by atoms with E-state index >= 15 is 0 Å². The summed E-state index contributed by atoms with van der Waals surface area (Å²) in [6, 6.07) is 14.0. The maximum Gasteiger partial charge on any atom is 0.337 e. The Balaban J connectivity index is 2.20. The number of sulfonamides is 1. The molecule has 0 radical (unpaired) electrons. The fourth-order valence-corrected chi connectivity index (χ4v) is 2.69. The van der Waals surface area contributed by atoms with Crippen molar-refractivity contribution in [2.75, 3.05) is 11.8 Å². The zero-order valence-electron chi connectivity index (χ0n) is 10.7. The molecule has 2 rings (SSSR count). The minimum Gasteiger partial charge on any atom is -0.465 e. The summed E-state index contributed by atoms with van der Waals surface area (Å²) in [7, 11) is -2.33. The predicted octanol–water partition coefficient (Wildman–Crippen LogP) is 2.27. The van der Waals surface area contributed by atoms with Crippen LogP contribution in [0.25, 0.3) is 0 Å². The summed E-state index contributed by atoms with van der Waals surface area (Å²) in [5, 5.41) is 0. The number of ether oxygens (including phenoxy) is 1. The number of carbonyl (C=O) groups excluding carboxylic acids is 1. The van der Waals surface area contributed by atoms with Gasteiger partial charge in [-0.25, -0.2) is 13.2 Å². The van der Waals surface area contributed by atoms with E-state index in [1.54, 1.807) is 18.2 Å². The lowest BCUT2D eigenvalue weighted by atomic mass is 10.2. The summed E-state index contributed by atoms with van der Waals surface area (Å²) in [5.74, 6) is -0.470. The number of esters is 1. The lowest BCUT2D eigenvalue weighted by Crippen LogP contribution is -2.12. The van der Waals surface area contributed by atoms with Crippen LogP contribution in [0.15, 0.2) is 59.5 Å². The third-order valence-electron chi connectivity index (χ3n) is 2.61. The molecule has 2 aromatic carbocycles. The van der Waals surface area contributed by atoms with Crippen LogP contribution in [0.1, 0.15) is 10.4 Å². The molecule has 104 valence electrons. The van der Waals surface area contributed by atoms with Gasteiger partial charge >= 0.3 is 5.97 Å². The van der Waals surface area contributed by atoms with Crippen molar-refractivity contribution in [2.24, 2.45) is 0 Å². The van der Waals surface area contributed by atoms with Crippen LogP contribution in [0.3, 0.4) is 0 Å². The second-order valence-corrected chi connectivity index (χ2v) is 5.67. The standard InChI is InChI=1S/C14H13NO4S/c1-19-14(16)11-7-9-12(10-8-11)15-20(17,18)13-5-3-2-4-6-13/h2-10,15H,1H3. The third-order valence-corrected chi connectivity index (χ3v) is 4.01. The average Bonchev–Trinajstić information content (AvgIpc) is 2.48. The van der Waals surface area contributed by atoms with Crippen LogP contribution in [0.5, 0.6) is 0 Å². The average molecular weight is 291 g/mol. The number of carbonyl (C=O) groups is 1. The van der Waals surface area contributed by atoms with Gasteiger partial charge < -0.3 is 4.74 Å². The van der Waals surface area contributed by atoms with Crippen molar-refractivity contribution in [3.8, 4) is 0 Å². The summed E-state index contributed by atoms with van der Waals surface area (Å²) >= 11 is 0. The van der Waals surface area contributed by atoms with Gasteiger partial charge in [0.1, 0.15) is 0 Å². The SMILES string of the molecule is COC(=O)c1ccc(NS(=O)(=O)c2ccccc2)cc1.